The Hall–Kier alpha value is -2.64. The van der Waals surface area contributed by atoms with Crippen LogP contribution in [0.2, 0.25) is 0 Å². The Bertz CT molecular complexity index is 864. The van der Waals surface area contributed by atoms with E-state index in [-0.39, 0.29) is 17.6 Å². The number of ether oxygens (including phenoxy) is 2. The summed E-state index contributed by atoms with van der Waals surface area (Å²) in [6.45, 7) is 6.67. The van der Waals surface area contributed by atoms with Crippen LogP contribution in [0.25, 0.3) is 11.2 Å². The number of hydrogen-bond donors (Lipinski definition) is 1. The molecule has 2 aromatic heterocycles. The van der Waals surface area contributed by atoms with Crippen LogP contribution in [0, 0.1) is 0 Å². The van der Waals surface area contributed by atoms with Crippen LogP contribution >= 0.6 is 0 Å². The van der Waals surface area contributed by atoms with E-state index >= 15 is 0 Å². The first-order chi connectivity index (χ1) is 12.3. The van der Waals surface area contributed by atoms with Gasteiger partial charge in [0.2, 0.25) is 5.88 Å². The first-order valence-corrected chi connectivity index (χ1v) is 8.69. The van der Waals surface area contributed by atoms with Crippen molar-refractivity contribution in [3.8, 4) is 5.88 Å². The highest BCUT2D eigenvalue weighted by molar-refractivity contribution is 5.70. The molecule has 1 saturated heterocycles. The minimum Gasteiger partial charge on any atom is -0.480 e. The van der Waals surface area contributed by atoms with Crippen LogP contribution in [0.5, 0.6) is 5.88 Å². The molecule has 1 aliphatic rings. The third-order valence-electron chi connectivity index (χ3n) is 4.36. The average Bonchev–Trinajstić information content (AvgIpc) is 2.59. The lowest BCUT2D eigenvalue weighted by Gasteiger charge is -2.33. The molecule has 0 spiro atoms. The van der Waals surface area contributed by atoms with Crippen molar-refractivity contribution < 1.29 is 14.3 Å². The molecule has 140 valence electrons. The molecule has 1 aliphatic heterocycles. The van der Waals surface area contributed by atoms with E-state index in [0.29, 0.717) is 48.5 Å². The SMILES string of the molecule is COc1cnc2cc(C3CCN(C(=O)OC(C)(C)C)CC3)c(=O)[nH]c2n1. The summed E-state index contributed by atoms with van der Waals surface area (Å²) in [7, 11) is 1.50. The second-order valence-electron chi connectivity index (χ2n) is 7.44. The number of nitrogens with zero attached hydrogens (tertiary/aromatic N) is 3. The highest BCUT2D eigenvalue weighted by Gasteiger charge is 2.28. The third-order valence-corrected chi connectivity index (χ3v) is 4.36. The van der Waals surface area contributed by atoms with E-state index < -0.39 is 5.60 Å². The molecule has 8 heteroatoms. The standard InChI is InChI=1S/C18H24N4O4/c1-18(2,3)26-17(24)22-7-5-11(6-8-22)12-9-13-15(21-16(12)23)20-14(25-4)10-19-13/h9-11H,5-8H2,1-4H3,(H,20,21,23). The van der Waals surface area contributed by atoms with Crippen LogP contribution in [0.1, 0.15) is 45.1 Å². The van der Waals surface area contributed by atoms with Gasteiger partial charge in [0.25, 0.3) is 5.56 Å². The number of methoxy groups -OCH3 is 1. The Balaban J connectivity index is 1.74. The lowest BCUT2D eigenvalue weighted by Crippen LogP contribution is -2.41. The van der Waals surface area contributed by atoms with Crippen LogP contribution in [0.4, 0.5) is 4.79 Å². The van der Waals surface area contributed by atoms with Crippen molar-refractivity contribution in [3.05, 3.63) is 28.2 Å². The molecule has 1 fully saturated rings. The molecule has 1 amide bonds. The van der Waals surface area contributed by atoms with Gasteiger partial charge in [-0.25, -0.2) is 9.78 Å². The Morgan fingerprint density at radius 1 is 1.31 bits per heavy atom. The number of nitrogens with one attached hydrogen (secondary N) is 1. The number of aromatic nitrogens is 3. The quantitative estimate of drug-likeness (QED) is 0.883. The number of fused-ring (bicyclic) bond motifs is 1. The number of carbonyl (C=O) groups is 1. The largest absolute Gasteiger partial charge is 0.480 e. The van der Waals surface area contributed by atoms with Gasteiger partial charge in [-0.05, 0) is 45.6 Å². The highest BCUT2D eigenvalue weighted by atomic mass is 16.6. The van der Waals surface area contributed by atoms with Crippen LogP contribution in [0.3, 0.4) is 0 Å². The van der Waals surface area contributed by atoms with Crippen molar-refractivity contribution in [3.63, 3.8) is 0 Å². The van der Waals surface area contributed by atoms with Crippen molar-refractivity contribution in [2.24, 2.45) is 0 Å². The number of amides is 1. The number of likely N-dealkylation sites (tertiary alicyclic amines) is 1. The molecule has 0 aliphatic carbocycles. The molecule has 8 nitrogen and oxygen atoms in total. The van der Waals surface area contributed by atoms with E-state index in [9.17, 15) is 9.59 Å². The zero-order valence-corrected chi connectivity index (χ0v) is 15.5. The predicted molar refractivity (Wildman–Crippen MR) is 96.5 cm³/mol. The molecule has 0 aromatic carbocycles. The number of pyridine rings is 1. The topological polar surface area (TPSA) is 97.4 Å². The molecule has 0 atom stereocenters. The molecule has 26 heavy (non-hydrogen) atoms. The first-order valence-electron chi connectivity index (χ1n) is 8.69. The summed E-state index contributed by atoms with van der Waals surface area (Å²) in [6, 6.07) is 1.79. The maximum absolute atomic E-state index is 12.5. The second-order valence-corrected chi connectivity index (χ2v) is 7.44. The summed E-state index contributed by atoms with van der Waals surface area (Å²) in [6.07, 6.45) is 2.63. The summed E-state index contributed by atoms with van der Waals surface area (Å²) in [4.78, 5) is 37.6. The summed E-state index contributed by atoms with van der Waals surface area (Å²) < 4.78 is 10.4. The van der Waals surface area contributed by atoms with Crippen molar-refractivity contribution >= 4 is 17.3 Å². The van der Waals surface area contributed by atoms with Crippen LogP contribution < -0.4 is 10.3 Å². The predicted octanol–water partition coefficient (Wildman–Crippen LogP) is 2.44. The molecule has 0 unspecified atom stereocenters. The molecule has 0 radical (unpaired) electrons. The fourth-order valence-electron chi connectivity index (χ4n) is 3.07. The monoisotopic (exact) mass is 360 g/mol. The molecule has 2 aromatic rings. The van der Waals surface area contributed by atoms with Crippen molar-refractivity contribution in [1.82, 2.24) is 19.9 Å². The van der Waals surface area contributed by atoms with Gasteiger partial charge in [-0.3, -0.25) is 4.79 Å². The lowest BCUT2D eigenvalue weighted by molar-refractivity contribution is 0.0204. The Kier molecular flexibility index (Phi) is 4.84. The van der Waals surface area contributed by atoms with Gasteiger partial charge in [-0.15, -0.1) is 0 Å². The van der Waals surface area contributed by atoms with E-state index in [1.165, 1.54) is 13.3 Å². The normalized spacial score (nSPS) is 15.9. The lowest BCUT2D eigenvalue weighted by atomic mass is 9.90. The number of hydrogen-bond acceptors (Lipinski definition) is 6. The van der Waals surface area contributed by atoms with E-state index in [0.717, 1.165) is 0 Å². The van der Waals surface area contributed by atoms with E-state index in [4.69, 9.17) is 9.47 Å². The van der Waals surface area contributed by atoms with E-state index in [1.807, 2.05) is 20.8 Å². The Morgan fingerprint density at radius 3 is 2.62 bits per heavy atom. The highest BCUT2D eigenvalue weighted by Crippen LogP contribution is 2.27. The fraction of sp³-hybridized carbons (Fsp3) is 0.556. The minimum absolute atomic E-state index is 0.0748. The van der Waals surface area contributed by atoms with Gasteiger partial charge in [-0.1, -0.05) is 0 Å². The third kappa shape index (κ3) is 3.95. The molecule has 1 N–H and O–H groups in total. The number of H-pyrrole nitrogens is 1. The summed E-state index contributed by atoms with van der Waals surface area (Å²) >= 11 is 0. The van der Waals surface area contributed by atoms with Gasteiger partial charge in [0.15, 0.2) is 5.65 Å². The summed E-state index contributed by atoms with van der Waals surface area (Å²) in [5.41, 5.74) is 1.03. The zero-order valence-electron chi connectivity index (χ0n) is 15.5. The van der Waals surface area contributed by atoms with Crippen molar-refractivity contribution in [2.45, 2.75) is 45.1 Å². The van der Waals surface area contributed by atoms with Gasteiger partial charge in [0.05, 0.1) is 13.3 Å². The summed E-state index contributed by atoms with van der Waals surface area (Å²) in [5.74, 6) is 0.428. The van der Waals surface area contributed by atoms with Gasteiger partial charge in [0.1, 0.15) is 11.1 Å². The average molecular weight is 360 g/mol. The first kappa shape index (κ1) is 18.2. The molecular formula is C18H24N4O4. The van der Waals surface area contributed by atoms with Gasteiger partial charge < -0.3 is 19.4 Å². The number of carbonyl (C=O) groups excluding carboxylic acids is 1. The molecule has 3 heterocycles. The van der Waals surface area contributed by atoms with Crippen LogP contribution in [-0.2, 0) is 4.74 Å². The van der Waals surface area contributed by atoms with Gasteiger partial charge in [0, 0.05) is 18.7 Å². The molecule has 0 saturated carbocycles. The maximum atomic E-state index is 12.5. The van der Waals surface area contributed by atoms with Crippen LogP contribution in [-0.4, -0.2) is 51.7 Å². The summed E-state index contributed by atoms with van der Waals surface area (Å²) in [5, 5.41) is 0. The molecular weight excluding hydrogens is 336 g/mol. The van der Waals surface area contributed by atoms with Crippen molar-refractivity contribution in [2.75, 3.05) is 20.2 Å². The number of piperidine rings is 1. The van der Waals surface area contributed by atoms with Gasteiger partial charge in [-0.2, -0.15) is 4.98 Å². The number of aromatic amines is 1. The van der Waals surface area contributed by atoms with E-state index in [2.05, 4.69) is 15.0 Å². The molecule has 3 rings (SSSR count). The smallest absolute Gasteiger partial charge is 0.410 e. The van der Waals surface area contributed by atoms with Crippen LogP contribution in [0.15, 0.2) is 17.1 Å². The fourth-order valence-corrected chi connectivity index (χ4v) is 3.07. The maximum Gasteiger partial charge on any atom is 0.410 e. The molecule has 0 bridgehead atoms. The van der Waals surface area contributed by atoms with Gasteiger partial charge >= 0.3 is 6.09 Å². The second kappa shape index (κ2) is 6.93. The zero-order chi connectivity index (χ0) is 18.9. The Labute approximate surface area is 151 Å². The minimum atomic E-state index is -0.511. The van der Waals surface area contributed by atoms with E-state index in [1.54, 1.807) is 11.0 Å². The number of rotatable bonds is 2. The van der Waals surface area contributed by atoms with Crippen molar-refractivity contribution in [1.29, 1.82) is 0 Å². The Morgan fingerprint density at radius 2 is 2.00 bits per heavy atom.